The Morgan fingerprint density at radius 1 is 1.15 bits per heavy atom. The number of hydrogen-bond acceptors (Lipinski definition) is 1. The zero-order valence-corrected chi connectivity index (χ0v) is 14.3. The van der Waals surface area contributed by atoms with Gasteiger partial charge in [-0.15, -0.1) is 0 Å². The fourth-order valence-electron chi connectivity index (χ4n) is 2.26. The van der Waals surface area contributed by atoms with Crippen LogP contribution in [0.25, 0.3) is 0 Å². The molecular formula is C17H19BrClN. The van der Waals surface area contributed by atoms with Gasteiger partial charge in [0.2, 0.25) is 0 Å². The number of halogens is 2. The van der Waals surface area contributed by atoms with Crippen molar-refractivity contribution in [2.24, 2.45) is 0 Å². The molecule has 0 heterocycles. The van der Waals surface area contributed by atoms with Crippen LogP contribution in [0.5, 0.6) is 0 Å². The van der Waals surface area contributed by atoms with Crippen molar-refractivity contribution in [3.05, 3.63) is 68.1 Å². The Labute approximate surface area is 134 Å². The lowest BCUT2D eigenvalue weighted by molar-refractivity contribution is 0.571. The summed E-state index contributed by atoms with van der Waals surface area (Å²) >= 11 is 9.52. The molecule has 2 aromatic rings. The molecule has 0 bridgehead atoms. The van der Waals surface area contributed by atoms with Crippen LogP contribution in [0.3, 0.4) is 0 Å². The minimum Gasteiger partial charge on any atom is -0.306 e. The van der Waals surface area contributed by atoms with E-state index in [4.69, 9.17) is 11.6 Å². The molecule has 3 heteroatoms. The molecule has 0 aliphatic carbocycles. The van der Waals surface area contributed by atoms with Gasteiger partial charge in [0.05, 0.1) is 0 Å². The third-order valence-corrected chi connectivity index (χ3v) is 4.49. The molecule has 1 N–H and O–H groups in total. The van der Waals surface area contributed by atoms with E-state index in [-0.39, 0.29) is 0 Å². The second-order valence-electron chi connectivity index (χ2n) is 5.20. The van der Waals surface area contributed by atoms with Crippen LogP contribution in [0, 0.1) is 13.8 Å². The van der Waals surface area contributed by atoms with Crippen LogP contribution in [0.1, 0.15) is 35.2 Å². The van der Waals surface area contributed by atoms with E-state index < -0.39 is 0 Å². The smallest absolute Gasteiger partial charge is 0.0417 e. The van der Waals surface area contributed by atoms with E-state index in [0.717, 1.165) is 16.0 Å². The molecule has 0 saturated heterocycles. The highest BCUT2D eigenvalue weighted by molar-refractivity contribution is 9.10. The monoisotopic (exact) mass is 351 g/mol. The Balaban J connectivity index is 2.08. The first-order valence-corrected chi connectivity index (χ1v) is 7.89. The van der Waals surface area contributed by atoms with E-state index in [1.165, 1.54) is 22.3 Å². The molecule has 106 valence electrons. The van der Waals surface area contributed by atoms with Gasteiger partial charge in [-0.2, -0.15) is 0 Å². The van der Waals surface area contributed by atoms with Crippen molar-refractivity contribution in [1.29, 1.82) is 0 Å². The van der Waals surface area contributed by atoms with E-state index in [0.29, 0.717) is 6.04 Å². The first-order valence-electron chi connectivity index (χ1n) is 6.72. The third kappa shape index (κ3) is 3.85. The Morgan fingerprint density at radius 2 is 1.90 bits per heavy atom. The highest BCUT2D eigenvalue weighted by Gasteiger charge is 2.09. The fraction of sp³-hybridized carbons (Fsp3) is 0.294. The Bertz CT molecular complexity index is 610. The standard InChI is InChI=1S/C17H19BrClN/c1-11-4-5-12(2)16(8-11)13(3)20-10-14-6-7-15(19)9-17(14)18/h4-9,13,20H,10H2,1-3H3. The van der Waals surface area contributed by atoms with Gasteiger partial charge in [0, 0.05) is 22.1 Å². The van der Waals surface area contributed by atoms with E-state index in [1.54, 1.807) is 0 Å². The zero-order valence-electron chi connectivity index (χ0n) is 12.0. The molecule has 0 aliphatic rings. The third-order valence-electron chi connectivity index (χ3n) is 3.52. The molecule has 1 unspecified atom stereocenters. The summed E-state index contributed by atoms with van der Waals surface area (Å²) in [6.45, 7) is 7.30. The van der Waals surface area contributed by atoms with Gasteiger partial charge in [0.25, 0.3) is 0 Å². The Morgan fingerprint density at radius 3 is 2.60 bits per heavy atom. The molecule has 0 spiro atoms. The highest BCUT2D eigenvalue weighted by Crippen LogP contribution is 2.23. The molecule has 1 nitrogen and oxygen atoms in total. The van der Waals surface area contributed by atoms with Crippen molar-refractivity contribution >= 4 is 27.5 Å². The second kappa shape index (κ2) is 6.75. The Kier molecular flexibility index (Phi) is 5.25. The van der Waals surface area contributed by atoms with Crippen LogP contribution in [-0.4, -0.2) is 0 Å². The summed E-state index contributed by atoms with van der Waals surface area (Å²) in [5.74, 6) is 0. The minimum absolute atomic E-state index is 0.317. The maximum absolute atomic E-state index is 5.96. The number of hydrogen-bond donors (Lipinski definition) is 1. The van der Waals surface area contributed by atoms with Crippen molar-refractivity contribution in [2.45, 2.75) is 33.4 Å². The largest absolute Gasteiger partial charge is 0.306 e. The normalized spacial score (nSPS) is 12.4. The lowest BCUT2D eigenvalue weighted by Gasteiger charge is -2.18. The highest BCUT2D eigenvalue weighted by atomic mass is 79.9. The van der Waals surface area contributed by atoms with Crippen LogP contribution in [0.15, 0.2) is 40.9 Å². The van der Waals surface area contributed by atoms with Gasteiger partial charge in [-0.05, 0) is 49.6 Å². The van der Waals surface area contributed by atoms with Crippen LogP contribution in [0.2, 0.25) is 5.02 Å². The molecule has 0 aromatic heterocycles. The fourth-order valence-corrected chi connectivity index (χ4v) is 3.09. The van der Waals surface area contributed by atoms with Gasteiger partial charge in [-0.1, -0.05) is 57.4 Å². The molecule has 2 rings (SSSR count). The average molecular weight is 353 g/mol. The molecule has 20 heavy (non-hydrogen) atoms. The molecular weight excluding hydrogens is 334 g/mol. The number of benzene rings is 2. The molecule has 0 fully saturated rings. The van der Waals surface area contributed by atoms with Gasteiger partial charge < -0.3 is 5.32 Å². The first-order chi connectivity index (χ1) is 9.47. The molecule has 1 atom stereocenters. The van der Waals surface area contributed by atoms with E-state index in [1.807, 2.05) is 12.1 Å². The molecule has 0 saturated carbocycles. The van der Waals surface area contributed by atoms with Crippen molar-refractivity contribution in [2.75, 3.05) is 0 Å². The topological polar surface area (TPSA) is 12.0 Å². The maximum atomic E-state index is 5.96. The SMILES string of the molecule is Cc1ccc(C)c(C(C)NCc2ccc(Cl)cc2Br)c1. The Hall–Kier alpha value is -0.830. The van der Waals surface area contributed by atoms with Crippen molar-refractivity contribution in [3.63, 3.8) is 0 Å². The van der Waals surface area contributed by atoms with Crippen molar-refractivity contribution < 1.29 is 0 Å². The van der Waals surface area contributed by atoms with Gasteiger partial charge in [0.15, 0.2) is 0 Å². The zero-order chi connectivity index (χ0) is 14.7. The van der Waals surface area contributed by atoms with Crippen molar-refractivity contribution in [3.8, 4) is 0 Å². The molecule has 0 amide bonds. The van der Waals surface area contributed by atoms with Crippen LogP contribution >= 0.6 is 27.5 Å². The second-order valence-corrected chi connectivity index (χ2v) is 6.49. The number of rotatable bonds is 4. The van der Waals surface area contributed by atoms with E-state index >= 15 is 0 Å². The summed E-state index contributed by atoms with van der Waals surface area (Å²) in [5, 5.41) is 4.32. The quantitative estimate of drug-likeness (QED) is 0.758. The predicted octanol–water partition coefficient (Wildman–Crippen LogP) is 5.57. The summed E-state index contributed by atoms with van der Waals surface area (Å²) in [5.41, 5.74) is 5.19. The molecule has 0 radical (unpaired) electrons. The lowest BCUT2D eigenvalue weighted by atomic mass is 10.00. The molecule has 2 aromatic carbocycles. The maximum Gasteiger partial charge on any atom is 0.0417 e. The van der Waals surface area contributed by atoms with E-state index in [9.17, 15) is 0 Å². The lowest BCUT2D eigenvalue weighted by Crippen LogP contribution is -2.19. The average Bonchev–Trinajstić information content (AvgIpc) is 2.40. The summed E-state index contributed by atoms with van der Waals surface area (Å²) in [4.78, 5) is 0. The number of aryl methyl sites for hydroxylation is 2. The van der Waals surface area contributed by atoms with Crippen LogP contribution in [-0.2, 0) is 6.54 Å². The summed E-state index contributed by atoms with van der Waals surface area (Å²) in [6.07, 6.45) is 0. The van der Waals surface area contributed by atoms with Gasteiger partial charge in [0.1, 0.15) is 0 Å². The number of nitrogens with one attached hydrogen (secondary N) is 1. The van der Waals surface area contributed by atoms with Crippen LogP contribution in [0.4, 0.5) is 0 Å². The summed E-state index contributed by atoms with van der Waals surface area (Å²) in [7, 11) is 0. The summed E-state index contributed by atoms with van der Waals surface area (Å²) < 4.78 is 1.05. The van der Waals surface area contributed by atoms with Crippen molar-refractivity contribution in [1.82, 2.24) is 5.32 Å². The van der Waals surface area contributed by atoms with Crippen LogP contribution < -0.4 is 5.32 Å². The minimum atomic E-state index is 0.317. The first kappa shape index (κ1) is 15.6. The van der Waals surface area contributed by atoms with E-state index in [2.05, 4.69) is 66.3 Å². The van der Waals surface area contributed by atoms with Gasteiger partial charge in [-0.3, -0.25) is 0 Å². The van der Waals surface area contributed by atoms with Gasteiger partial charge in [-0.25, -0.2) is 0 Å². The predicted molar refractivity (Wildman–Crippen MR) is 90.3 cm³/mol. The molecule has 0 aliphatic heterocycles. The summed E-state index contributed by atoms with van der Waals surface area (Å²) in [6, 6.07) is 12.8. The van der Waals surface area contributed by atoms with Gasteiger partial charge >= 0.3 is 0 Å².